The van der Waals surface area contributed by atoms with E-state index >= 15 is 0 Å². The maximum atomic E-state index is 13.1. The normalized spacial score (nSPS) is 14.6. The second-order valence-corrected chi connectivity index (χ2v) is 10.8. The lowest BCUT2D eigenvalue weighted by Crippen LogP contribution is -2.36. The number of methoxy groups -OCH3 is 1. The van der Waals surface area contributed by atoms with Gasteiger partial charge in [-0.2, -0.15) is 4.31 Å². The summed E-state index contributed by atoms with van der Waals surface area (Å²) in [5, 5.41) is 0. The Morgan fingerprint density at radius 2 is 1.55 bits per heavy atom. The Kier molecular flexibility index (Phi) is 5.74. The van der Waals surface area contributed by atoms with Crippen molar-refractivity contribution in [2.24, 2.45) is 0 Å². The van der Waals surface area contributed by atoms with Crippen LogP contribution in [0.2, 0.25) is 0 Å². The lowest BCUT2D eigenvalue weighted by molar-refractivity contribution is 0.391. The van der Waals surface area contributed by atoms with Crippen LogP contribution in [0.3, 0.4) is 0 Å². The minimum Gasteiger partial charge on any atom is -0.497 e. The summed E-state index contributed by atoms with van der Waals surface area (Å²) in [6, 6.07) is 19.6. The summed E-state index contributed by atoms with van der Waals surface area (Å²) in [6.45, 7) is 0.529. The number of benzene rings is 3. The average Bonchev–Trinajstić information content (AvgIpc) is 2.79. The van der Waals surface area contributed by atoms with E-state index < -0.39 is 20.0 Å². The van der Waals surface area contributed by atoms with Crippen LogP contribution >= 0.6 is 0 Å². The number of fused-ring (bicyclic) bond motifs is 1. The fraction of sp³-hybridized carbons (Fsp3) is 0.182. The van der Waals surface area contributed by atoms with E-state index in [4.69, 9.17) is 4.74 Å². The minimum absolute atomic E-state index is 0.163. The van der Waals surface area contributed by atoms with Crippen molar-refractivity contribution in [3.63, 3.8) is 0 Å². The highest BCUT2D eigenvalue weighted by atomic mass is 32.2. The largest absolute Gasteiger partial charge is 0.497 e. The summed E-state index contributed by atoms with van der Waals surface area (Å²) in [5.74, 6) is 0.582. The third kappa shape index (κ3) is 4.43. The summed E-state index contributed by atoms with van der Waals surface area (Å²) < 4.78 is 60.4. The first-order valence-corrected chi connectivity index (χ1v) is 12.6. The monoisotopic (exact) mass is 458 g/mol. The van der Waals surface area contributed by atoms with Gasteiger partial charge in [0.15, 0.2) is 0 Å². The maximum Gasteiger partial charge on any atom is 0.261 e. The highest BCUT2D eigenvalue weighted by molar-refractivity contribution is 7.92. The Bertz CT molecular complexity index is 1290. The molecule has 1 heterocycles. The van der Waals surface area contributed by atoms with Gasteiger partial charge in [0, 0.05) is 18.8 Å². The van der Waals surface area contributed by atoms with Gasteiger partial charge in [-0.3, -0.25) is 4.72 Å². The van der Waals surface area contributed by atoms with Crippen molar-refractivity contribution in [2.45, 2.75) is 22.8 Å². The summed E-state index contributed by atoms with van der Waals surface area (Å²) in [7, 11) is -5.88. The molecule has 162 valence electrons. The van der Waals surface area contributed by atoms with Crippen molar-refractivity contribution in [3.8, 4) is 5.75 Å². The van der Waals surface area contributed by atoms with Crippen LogP contribution in [0.15, 0.2) is 82.6 Å². The second-order valence-electron chi connectivity index (χ2n) is 7.17. The molecule has 0 fully saturated rings. The van der Waals surface area contributed by atoms with Crippen molar-refractivity contribution in [2.75, 3.05) is 18.4 Å². The molecule has 3 aromatic carbocycles. The quantitative estimate of drug-likeness (QED) is 0.612. The molecule has 3 aromatic rings. The maximum absolute atomic E-state index is 13.1. The lowest BCUT2D eigenvalue weighted by Gasteiger charge is -2.28. The number of sulfonamides is 2. The van der Waals surface area contributed by atoms with Gasteiger partial charge in [0.05, 0.1) is 16.9 Å². The molecule has 7 nitrogen and oxygen atoms in total. The lowest BCUT2D eigenvalue weighted by atomic mass is 10.0. The molecule has 1 aliphatic heterocycles. The van der Waals surface area contributed by atoms with Gasteiger partial charge in [-0.1, -0.05) is 24.3 Å². The molecule has 0 bridgehead atoms. The smallest absolute Gasteiger partial charge is 0.261 e. The Morgan fingerprint density at radius 3 is 2.23 bits per heavy atom. The molecule has 31 heavy (non-hydrogen) atoms. The van der Waals surface area contributed by atoms with E-state index in [0.29, 0.717) is 24.4 Å². The fourth-order valence-electron chi connectivity index (χ4n) is 3.51. The van der Waals surface area contributed by atoms with Gasteiger partial charge in [-0.15, -0.1) is 0 Å². The highest BCUT2D eigenvalue weighted by Gasteiger charge is 2.28. The molecular formula is C22H22N2O5S2. The van der Waals surface area contributed by atoms with Crippen molar-refractivity contribution in [1.29, 1.82) is 0 Å². The van der Waals surface area contributed by atoms with Gasteiger partial charge < -0.3 is 4.74 Å². The van der Waals surface area contributed by atoms with Crippen molar-refractivity contribution < 1.29 is 21.6 Å². The van der Waals surface area contributed by atoms with Crippen LogP contribution in [0.4, 0.5) is 5.69 Å². The zero-order valence-electron chi connectivity index (χ0n) is 16.9. The molecule has 9 heteroatoms. The molecule has 0 amide bonds. The number of ether oxygens (including phenoxy) is 1. The van der Waals surface area contributed by atoms with E-state index in [1.807, 2.05) is 6.07 Å². The molecule has 0 saturated heterocycles. The SMILES string of the molecule is COc1ccc(S(=O)(=O)N2CCc3ccc(NS(=O)(=O)c4ccccc4)cc3C2)cc1. The van der Waals surface area contributed by atoms with Gasteiger partial charge in [0.2, 0.25) is 10.0 Å². The Morgan fingerprint density at radius 1 is 0.839 bits per heavy atom. The van der Waals surface area contributed by atoms with Gasteiger partial charge in [0.25, 0.3) is 10.0 Å². The summed E-state index contributed by atoms with van der Waals surface area (Å²) >= 11 is 0. The Balaban J connectivity index is 1.57. The topological polar surface area (TPSA) is 92.8 Å². The number of hydrogen-bond acceptors (Lipinski definition) is 5. The van der Waals surface area contributed by atoms with Gasteiger partial charge in [-0.25, -0.2) is 16.8 Å². The zero-order chi connectivity index (χ0) is 22.1. The zero-order valence-corrected chi connectivity index (χ0v) is 18.5. The molecule has 0 spiro atoms. The van der Waals surface area contributed by atoms with E-state index in [1.165, 1.54) is 35.7 Å². The third-order valence-electron chi connectivity index (χ3n) is 5.19. The highest BCUT2D eigenvalue weighted by Crippen LogP contribution is 2.28. The third-order valence-corrected chi connectivity index (χ3v) is 8.44. The summed E-state index contributed by atoms with van der Waals surface area (Å²) in [6.07, 6.45) is 0.552. The molecule has 4 rings (SSSR count). The number of nitrogens with one attached hydrogen (secondary N) is 1. The molecule has 0 unspecified atom stereocenters. The standard InChI is InChI=1S/C22H22N2O5S2/c1-29-20-9-11-22(12-10-20)31(27,28)24-14-13-17-7-8-19(15-18(17)16-24)23-30(25,26)21-5-3-2-4-6-21/h2-12,15,23H,13-14,16H2,1H3. The van der Waals surface area contributed by atoms with Crippen LogP contribution in [-0.2, 0) is 33.0 Å². The van der Waals surface area contributed by atoms with Crippen molar-refractivity contribution >= 4 is 25.7 Å². The number of anilines is 1. The predicted octanol–water partition coefficient (Wildman–Crippen LogP) is 3.24. The van der Waals surface area contributed by atoms with Crippen LogP contribution < -0.4 is 9.46 Å². The van der Waals surface area contributed by atoms with Crippen LogP contribution in [0.5, 0.6) is 5.75 Å². The summed E-state index contributed by atoms with van der Waals surface area (Å²) in [5.41, 5.74) is 2.17. The first kappa shape index (κ1) is 21.4. The molecular weight excluding hydrogens is 436 g/mol. The molecule has 0 aliphatic carbocycles. The van der Waals surface area contributed by atoms with Crippen molar-refractivity contribution in [1.82, 2.24) is 4.31 Å². The summed E-state index contributed by atoms with van der Waals surface area (Å²) in [4.78, 5) is 0.356. The van der Waals surface area contributed by atoms with Gasteiger partial charge >= 0.3 is 0 Å². The van der Waals surface area contributed by atoms with Crippen LogP contribution in [0, 0.1) is 0 Å². The van der Waals surface area contributed by atoms with E-state index in [2.05, 4.69) is 4.72 Å². The Labute approximate surface area is 182 Å². The molecule has 0 aromatic heterocycles. The molecule has 0 atom stereocenters. The van der Waals surface area contributed by atoms with E-state index in [0.717, 1.165) is 11.1 Å². The first-order chi connectivity index (χ1) is 14.8. The number of rotatable bonds is 6. The molecule has 0 radical (unpaired) electrons. The predicted molar refractivity (Wildman–Crippen MR) is 118 cm³/mol. The van der Waals surface area contributed by atoms with E-state index in [9.17, 15) is 16.8 Å². The number of nitrogens with zero attached hydrogens (tertiary/aromatic N) is 1. The average molecular weight is 459 g/mol. The second kappa shape index (κ2) is 8.33. The molecule has 1 N–H and O–H groups in total. The van der Waals surface area contributed by atoms with Crippen LogP contribution in [-0.4, -0.2) is 34.8 Å². The molecule has 0 saturated carbocycles. The number of hydrogen-bond donors (Lipinski definition) is 1. The first-order valence-electron chi connectivity index (χ1n) is 9.63. The van der Waals surface area contributed by atoms with Crippen molar-refractivity contribution in [3.05, 3.63) is 83.9 Å². The Hall–Kier alpha value is -2.88. The van der Waals surface area contributed by atoms with E-state index in [1.54, 1.807) is 42.5 Å². The van der Waals surface area contributed by atoms with Crippen LogP contribution in [0.1, 0.15) is 11.1 Å². The van der Waals surface area contributed by atoms with E-state index in [-0.39, 0.29) is 16.3 Å². The van der Waals surface area contributed by atoms with Crippen LogP contribution in [0.25, 0.3) is 0 Å². The fourth-order valence-corrected chi connectivity index (χ4v) is 6.00. The minimum atomic E-state index is -3.73. The van der Waals surface area contributed by atoms with Gasteiger partial charge in [0.1, 0.15) is 5.75 Å². The molecule has 1 aliphatic rings. The van der Waals surface area contributed by atoms with Gasteiger partial charge in [-0.05, 0) is 66.1 Å².